The number of fused-ring (bicyclic) bond motifs is 1. The molecule has 1 atom stereocenters. The molecule has 7 heteroatoms. The minimum atomic E-state index is -0.937. The summed E-state index contributed by atoms with van der Waals surface area (Å²) >= 11 is 12.0. The molecular weight excluding hydrogens is 303 g/mol. The lowest BCUT2D eigenvalue weighted by atomic mass is 10.1. The van der Waals surface area contributed by atoms with Gasteiger partial charge in [-0.25, -0.2) is 0 Å². The first-order valence-electron chi connectivity index (χ1n) is 5.85. The van der Waals surface area contributed by atoms with Crippen LogP contribution in [-0.4, -0.2) is 29.9 Å². The highest BCUT2D eigenvalue weighted by Crippen LogP contribution is 2.41. The molecule has 0 radical (unpaired) electrons. The molecule has 104 valence electrons. The van der Waals surface area contributed by atoms with E-state index in [1.807, 2.05) is 6.07 Å². The van der Waals surface area contributed by atoms with Gasteiger partial charge in [0.05, 0.1) is 23.3 Å². The number of amides is 1. The van der Waals surface area contributed by atoms with Crippen molar-refractivity contribution >= 4 is 35.1 Å². The number of halogens is 2. The third kappa shape index (κ3) is 2.33. The second-order valence-electron chi connectivity index (χ2n) is 4.09. The Bertz CT molecular complexity index is 625. The van der Waals surface area contributed by atoms with Crippen molar-refractivity contribution in [2.75, 3.05) is 13.2 Å². The van der Waals surface area contributed by atoms with Gasteiger partial charge in [0.15, 0.2) is 0 Å². The molecule has 1 aromatic carbocycles. The molecule has 0 saturated heterocycles. The largest absolute Gasteiger partial charge is 0.465 e. The number of ether oxygens (including phenoxy) is 1. The zero-order chi connectivity index (χ0) is 14.9. The standard InChI is InChI=1S/C13H10Cl2N2O3/c1-2-20-10(18)6-17-9(5-16)11-7(14)3-4-8(15)12(11)13(17)19/h3-4,9H,2,6H2,1H3. The second kappa shape index (κ2) is 5.70. The topological polar surface area (TPSA) is 70.4 Å². The van der Waals surface area contributed by atoms with Crippen LogP contribution < -0.4 is 0 Å². The van der Waals surface area contributed by atoms with Crippen LogP contribution in [0.15, 0.2) is 12.1 Å². The first-order valence-corrected chi connectivity index (χ1v) is 6.61. The average molecular weight is 313 g/mol. The third-order valence-corrected chi connectivity index (χ3v) is 3.57. The number of nitriles is 1. The van der Waals surface area contributed by atoms with Gasteiger partial charge in [-0.2, -0.15) is 5.26 Å². The summed E-state index contributed by atoms with van der Waals surface area (Å²) in [6.45, 7) is 1.55. The summed E-state index contributed by atoms with van der Waals surface area (Å²) in [5.74, 6) is -1.08. The fourth-order valence-electron chi connectivity index (χ4n) is 2.11. The molecule has 0 N–H and O–H groups in total. The maximum absolute atomic E-state index is 12.3. The second-order valence-corrected chi connectivity index (χ2v) is 4.90. The molecule has 0 saturated carbocycles. The Morgan fingerprint density at radius 2 is 2.10 bits per heavy atom. The molecule has 0 spiro atoms. The van der Waals surface area contributed by atoms with Crippen LogP contribution in [0.4, 0.5) is 0 Å². The molecule has 1 aliphatic heterocycles. The summed E-state index contributed by atoms with van der Waals surface area (Å²) in [7, 11) is 0. The molecule has 0 fully saturated rings. The van der Waals surface area contributed by atoms with Crippen molar-refractivity contribution in [3.05, 3.63) is 33.3 Å². The van der Waals surface area contributed by atoms with E-state index in [0.717, 1.165) is 4.90 Å². The van der Waals surface area contributed by atoms with Crippen molar-refractivity contribution in [2.24, 2.45) is 0 Å². The summed E-state index contributed by atoms with van der Waals surface area (Å²) in [5.41, 5.74) is 0.519. The Morgan fingerprint density at radius 3 is 2.70 bits per heavy atom. The van der Waals surface area contributed by atoms with E-state index >= 15 is 0 Å². The number of esters is 1. The van der Waals surface area contributed by atoms with Crippen LogP contribution in [0.2, 0.25) is 10.0 Å². The number of rotatable bonds is 3. The van der Waals surface area contributed by atoms with E-state index in [2.05, 4.69) is 0 Å². The number of carbonyl (C=O) groups excluding carboxylic acids is 2. The van der Waals surface area contributed by atoms with Crippen LogP contribution >= 0.6 is 23.2 Å². The van der Waals surface area contributed by atoms with Crippen molar-refractivity contribution in [3.63, 3.8) is 0 Å². The van der Waals surface area contributed by atoms with E-state index < -0.39 is 17.9 Å². The van der Waals surface area contributed by atoms with Gasteiger partial charge in [-0.15, -0.1) is 0 Å². The van der Waals surface area contributed by atoms with Gasteiger partial charge in [0.2, 0.25) is 0 Å². The molecule has 0 aliphatic carbocycles. The minimum Gasteiger partial charge on any atom is -0.465 e. The van der Waals surface area contributed by atoms with Gasteiger partial charge in [0.25, 0.3) is 5.91 Å². The van der Waals surface area contributed by atoms with E-state index in [0.29, 0.717) is 5.56 Å². The lowest BCUT2D eigenvalue weighted by molar-refractivity contribution is -0.144. The Labute approximate surface area is 125 Å². The highest BCUT2D eigenvalue weighted by Gasteiger charge is 2.41. The van der Waals surface area contributed by atoms with Gasteiger partial charge in [0, 0.05) is 10.6 Å². The van der Waals surface area contributed by atoms with E-state index in [1.54, 1.807) is 6.92 Å². The van der Waals surface area contributed by atoms with E-state index in [-0.39, 0.29) is 28.8 Å². The Kier molecular flexibility index (Phi) is 4.17. The SMILES string of the molecule is CCOC(=O)CN1C(=O)c2c(Cl)ccc(Cl)c2C1C#N. The normalized spacial score (nSPS) is 16.8. The zero-order valence-electron chi connectivity index (χ0n) is 10.5. The van der Waals surface area contributed by atoms with Crippen LogP contribution in [-0.2, 0) is 9.53 Å². The summed E-state index contributed by atoms with van der Waals surface area (Å²) < 4.78 is 4.80. The zero-order valence-corrected chi connectivity index (χ0v) is 12.0. The molecule has 0 bridgehead atoms. The van der Waals surface area contributed by atoms with Crippen molar-refractivity contribution < 1.29 is 14.3 Å². The molecule has 1 aliphatic rings. The summed E-state index contributed by atoms with van der Waals surface area (Å²) in [6, 6.07) is 4.04. The molecule has 1 amide bonds. The molecule has 2 rings (SSSR count). The number of benzene rings is 1. The van der Waals surface area contributed by atoms with Crippen molar-refractivity contribution in [1.82, 2.24) is 4.90 Å². The first kappa shape index (κ1) is 14.6. The van der Waals surface area contributed by atoms with Crippen LogP contribution in [0.25, 0.3) is 0 Å². The summed E-state index contributed by atoms with van der Waals surface area (Å²) in [6.07, 6.45) is 0. The number of carbonyl (C=O) groups is 2. The van der Waals surface area contributed by atoms with Crippen LogP contribution in [0.1, 0.15) is 28.9 Å². The molecule has 1 aromatic rings. The Balaban J connectivity index is 2.43. The number of hydrogen-bond acceptors (Lipinski definition) is 4. The van der Waals surface area contributed by atoms with Crippen molar-refractivity contribution in [3.8, 4) is 6.07 Å². The first-order chi connectivity index (χ1) is 9.51. The monoisotopic (exact) mass is 312 g/mol. The minimum absolute atomic E-state index is 0.176. The van der Waals surface area contributed by atoms with Crippen LogP contribution in [0.5, 0.6) is 0 Å². The van der Waals surface area contributed by atoms with Gasteiger partial charge in [0.1, 0.15) is 12.6 Å². The molecule has 0 aromatic heterocycles. The smallest absolute Gasteiger partial charge is 0.325 e. The lowest BCUT2D eigenvalue weighted by Gasteiger charge is -2.18. The summed E-state index contributed by atoms with van der Waals surface area (Å²) in [5, 5.41) is 9.74. The van der Waals surface area contributed by atoms with Crippen LogP contribution in [0, 0.1) is 11.3 Å². The fraction of sp³-hybridized carbons (Fsp3) is 0.308. The van der Waals surface area contributed by atoms with E-state index in [1.165, 1.54) is 12.1 Å². The molecule has 5 nitrogen and oxygen atoms in total. The highest BCUT2D eigenvalue weighted by molar-refractivity contribution is 6.37. The van der Waals surface area contributed by atoms with Crippen molar-refractivity contribution in [1.29, 1.82) is 5.26 Å². The fourth-order valence-corrected chi connectivity index (χ4v) is 2.62. The molecule has 1 heterocycles. The average Bonchev–Trinajstić information content (AvgIpc) is 2.69. The highest BCUT2D eigenvalue weighted by atomic mass is 35.5. The lowest BCUT2D eigenvalue weighted by Crippen LogP contribution is -2.33. The third-order valence-electron chi connectivity index (χ3n) is 2.93. The number of hydrogen-bond donors (Lipinski definition) is 0. The van der Waals surface area contributed by atoms with E-state index in [9.17, 15) is 14.9 Å². The predicted octanol–water partition coefficient (Wildman–Crippen LogP) is 2.58. The Morgan fingerprint density at radius 1 is 1.45 bits per heavy atom. The predicted molar refractivity (Wildman–Crippen MR) is 72.5 cm³/mol. The van der Waals surface area contributed by atoms with Gasteiger partial charge < -0.3 is 9.64 Å². The maximum atomic E-state index is 12.3. The molecule has 20 heavy (non-hydrogen) atoms. The molecule has 1 unspecified atom stereocenters. The molecular formula is C13H10Cl2N2O3. The van der Waals surface area contributed by atoms with Crippen LogP contribution in [0.3, 0.4) is 0 Å². The van der Waals surface area contributed by atoms with Gasteiger partial charge in [-0.1, -0.05) is 23.2 Å². The number of nitrogens with zero attached hydrogens (tertiary/aromatic N) is 2. The Hall–Kier alpha value is -1.77. The van der Waals surface area contributed by atoms with Crippen molar-refractivity contribution in [2.45, 2.75) is 13.0 Å². The quantitative estimate of drug-likeness (QED) is 0.804. The van der Waals surface area contributed by atoms with Gasteiger partial charge >= 0.3 is 5.97 Å². The maximum Gasteiger partial charge on any atom is 0.325 e. The van der Waals surface area contributed by atoms with E-state index in [4.69, 9.17) is 27.9 Å². The van der Waals surface area contributed by atoms with Gasteiger partial charge in [-0.3, -0.25) is 9.59 Å². The van der Waals surface area contributed by atoms with Gasteiger partial charge in [-0.05, 0) is 19.1 Å². The summed E-state index contributed by atoms with van der Waals surface area (Å²) in [4.78, 5) is 24.9.